The highest BCUT2D eigenvalue weighted by Gasteiger charge is 2.20. The lowest BCUT2D eigenvalue weighted by atomic mass is 10.0. The Balaban J connectivity index is 4.01. The van der Waals surface area contributed by atoms with Gasteiger partial charge < -0.3 is 14.2 Å². The fraction of sp³-hybridized carbons (Fsp3) is 0.907. The van der Waals surface area contributed by atoms with Crippen LogP contribution in [0.15, 0.2) is 24.3 Å². The lowest BCUT2D eigenvalue weighted by Crippen LogP contribution is -2.30. The number of hydrogen-bond donors (Lipinski definition) is 0. The van der Waals surface area contributed by atoms with Gasteiger partial charge in [0.15, 0.2) is 6.10 Å². The van der Waals surface area contributed by atoms with E-state index in [9.17, 15) is 14.4 Å². The van der Waals surface area contributed by atoms with Crippen molar-refractivity contribution >= 4 is 17.9 Å². The highest BCUT2D eigenvalue weighted by Crippen LogP contribution is 2.19. The molecule has 0 radical (unpaired) electrons. The molecule has 0 spiro atoms. The minimum Gasteiger partial charge on any atom is -0.462 e. The third kappa shape index (κ3) is 68.6. The van der Waals surface area contributed by atoms with Crippen molar-refractivity contribution in [2.45, 2.75) is 425 Å². The van der Waals surface area contributed by atoms with Crippen molar-refractivity contribution in [2.75, 3.05) is 13.2 Å². The maximum absolute atomic E-state index is 12.9. The van der Waals surface area contributed by atoms with Gasteiger partial charge in [-0.15, -0.1) is 0 Å². The van der Waals surface area contributed by atoms with Crippen LogP contribution in [0.3, 0.4) is 0 Å². The maximum Gasteiger partial charge on any atom is 0.306 e. The minimum atomic E-state index is -0.765. The molecule has 0 fully saturated rings. The van der Waals surface area contributed by atoms with Gasteiger partial charge in [0.25, 0.3) is 0 Å². The van der Waals surface area contributed by atoms with Gasteiger partial charge in [0, 0.05) is 19.3 Å². The van der Waals surface area contributed by atoms with E-state index in [0.717, 1.165) is 64.2 Å². The first-order valence-electron chi connectivity index (χ1n) is 36.8. The van der Waals surface area contributed by atoms with Crippen LogP contribution in [0.25, 0.3) is 0 Å². The van der Waals surface area contributed by atoms with Gasteiger partial charge in [0.1, 0.15) is 13.2 Å². The van der Waals surface area contributed by atoms with E-state index < -0.39 is 6.10 Å². The molecule has 0 aromatic carbocycles. The highest BCUT2D eigenvalue weighted by molar-refractivity contribution is 5.71. The molecular formula is C75H142O6. The van der Waals surface area contributed by atoms with Crippen molar-refractivity contribution in [3.8, 4) is 0 Å². The van der Waals surface area contributed by atoms with Crippen LogP contribution in [0.1, 0.15) is 419 Å². The average Bonchev–Trinajstić information content (AvgIpc) is 3.47. The smallest absolute Gasteiger partial charge is 0.306 e. The minimum absolute atomic E-state index is 0.0636. The molecule has 0 N–H and O–H groups in total. The molecule has 0 aromatic rings. The molecule has 81 heavy (non-hydrogen) atoms. The standard InChI is InChI=1S/C75H142O6/c1-4-7-10-13-16-19-21-23-25-27-29-31-33-35-36-37-38-39-40-41-43-44-46-48-50-52-54-56-59-62-65-68-74(77)80-71-72(70-79-73(76)67-64-61-58-18-15-12-9-6-3)81-75(78)69-66-63-60-57-55-53-51-49-47-45-42-34-32-30-28-26-24-22-20-17-14-11-8-5-2/h21,23,27,29,72H,4-20,22,24-26,28,30-71H2,1-3H3/b23-21-,29-27-. The van der Waals surface area contributed by atoms with E-state index in [1.807, 2.05) is 0 Å². The highest BCUT2D eigenvalue weighted by atomic mass is 16.6. The summed E-state index contributed by atoms with van der Waals surface area (Å²) < 4.78 is 16.9. The third-order valence-corrected chi connectivity index (χ3v) is 17.0. The quantitative estimate of drug-likeness (QED) is 0.0261. The van der Waals surface area contributed by atoms with E-state index >= 15 is 0 Å². The van der Waals surface area contributed by atoms with Crippen molar-refractivity contribution in [3.05, 3.63) is 24.3 Å². The Morgan fingerprint density at radius 1 is 0.247 bits per heavy atom. The molecule has 0 aliphatic carbocycles. The van der Waals surface area contributed by atoms with Crippen LogP contribution in [0, 0.1) is 0 Å². The molecule has 6 heteroatoms. The summed E-state index contributed by atoms with van der Waals surface area (Å²) in [6.45, 7) is 6.68. The van der Waals surface area contributed by atoms with E-state index in [-0.39, 0.29) is 31.1 Å². The van der Waals surface area contributed by atoms with Crippen LogP contribution >= 0.6 is 0 Å². The largest absolute Gasteiger partial charge is 0.462 e. The van der Waals surface area contributed by atoms with E-state index in [4.69, 9.17) is 14.2 Å². The zero-order valence-electron chi connectivity index (χ0n) is 55.1. The van der Waals surface area contributed by atoms with Gasteiger partial charge in [0.05, 0.1) is 0 Å². The van der Waals surface area contributed by atoms with E-state index in [1.165, 1.54) is 315 Å². The van der Waals surface area contributed by atoms with Crippen molar-refractivity contribution in [3.63, 3.8) is 0 Å². The second-order valence-corrected chi connectivity index (χ2v) is 25.2. The Morgan fingerprint density at radius 3 is 0.679 bits per heavy atom. The van der Waals surface area contributed by atoms with Crippen LogP contribution in [0.4, 0.5) is 0 Å². The molecule has 0 aliphatic heterocycles. The van der Waals surface area contributed by atoms with Gasteiger partial charge in [-0.1, -0.05) is 373 Å². The zero-order valence-corrected chi connectivity index (χ0v) is 55.1. The number of esters is 3. The van der Waals surface area contributed by atoms with Crippen molar-refractivity contribution in [1.29, 1.82) is 0 Å². The third-order valence-electron chi connectivity index (χ3n) is 17.0. The van der Waals surface area contributed by atoms with Gasteiger partial charge in [-0.25, -0.2) is 0 Å². The molecule has 1 unspecified atom stereocenters. The summed E-state index contributed by atoms with van der Waals surface area (Å²) in [5.41, 5.74) is 0. The first kappa shape index (κ1) is 78.9. The van der Waals surface area contributed by atoms with E-state index in [2.05, 4.69) is 45.1 Å². The zero-order chi connectivity index (χ0) is 58.5. The fourth-order valence-electron chi connectivity index (χ4n) is 11.4. The van der Waals surface area contributed by atoms with Crippen molar-refractivity contribution < 1.29 is 28.6 Å². The van der Waals surface area contributed by atoms with Crippen LogP contribution in [-0.2, 0) is 28.6 Å². The summed E-state index contributed by atoms with van der Waals surface area (Å²) in [5.74, 6) is -0.835. The number of carbonyl (C=O) groups is 3. The lowest BCUT2D eigenvalue weighted by molar-refractivity contribution is -0.167. The molecule has 1 atom stereocenters. The molecular weight excluding hydrogens is 997 g/mol. The van der Waals surface area contributed by atoms with Crippen LogP contribution in [0.5, 0.6) is 0 Å². The van der Waals surface area contributed by atoms with Gasteiger partial charge in [-0.2, -0.15) is 0 Å². The van der Waals surface area contributed by atoms with E-state index in [0.29, 0.717) is 19.3 Å². The summed E-state index contributed by atoms with van der Waals surface area (Å²) in [6.07, 6.45) is 86.8. The summed E-state index contributed by atoms with van der Waals surface area (Å²) >= 11 is 0. The second kappa shape index (κ2) is 70.4. The Bertz CT molecular complexity index is 1310. The summed E-state index contributed by atoms with van der Waals surface area (Å²) in [6, 6.07) is 0. The van der Waals surface area contributed by atoms with Gasteiger partial charge >= 0.3 is 17.9 Å². The SMILES string of the molecule is CCCCCCC/C=C\C/C=C\CCCCCCCCCCCCCCCCCCCCCC(=O)OCC(COC(=O)CCCCCCCCCC)OC(=O)CCCCCCCCCCCCCCCCCCCCCCCCCC. The second-order valence-electron chi connectivity index (χ2n) is 25.2. The first-order valence-corrected chi connectivity index (χ1v) is 36.8. The van der Waals surface area contributed by atoms with Crippen LogP contribution < -0.4 is 0 Å². The molecule has 0 saturated carbocycles. The summed E-state index contributed by atoms with van der Waals surface area (Å²) in [5, 5.41) is 0. The lowest BCUT2D eigenvalue weighted by Gasteiger charge is -2.18. The molecule has 0 aromatic heterocycles. The molecule has 0 heterocycles. The maximum atomic E-state index is 12.9. The molecule has 0 aliphatic rings. The Labute approximate surface area is 506 Å². The van der Waals surface area contributed by atoms with Crippen molar-refractivity contribution in [2.24, 2.45) is 0 Å². The molecule has 0 bridgehead atoms. The first-order chi connectivity index (χ1) is 40.0. The van der Waals surface area contributed by atoms with E-state index in [1.54, 1.807) is 0 Å². The summed E-state index contributed by atoms with van der Waals surface area (Å²) in [7, 11) is 0. The molecule has 0 saturated heterocycles. The molecule has 0 amide bonds. The predicted octanol–water partition coefficient (Wildman–Crippen LogP) is 25.3. The van der Waals surface area contributed by atoms with Crippen molar-refractivity contribution in [1.82, 2.24) is 0 Å². The molecule has 0 rings (SSSR count). The van der Waals surface area contributed by atoms with Gasteiger partial charge in [-0.3, -0.25) is 14.4 Å². The number of ether oxygens (including phenoxy) is 3. The molecule has 478 valence electrons. The number of rotatable bonds is 69. The Hall–Kier alpha value is -2.11. The number of hydrogen-bond acceptors (Lipinski definition) is 6. The number of allylic oxidation sites excluding steroid dienone is 4. The number of unbranched alkanes of at least 4 members (excludes halogenated alkanes) is 54. The normalized spacial score (nSPS) is 12.1. The van der Waals surface area contributed by atoms with Gasteiger partial charge in [0.2, 0.25) is 0 Å². The fourth-order valence-corrected chi connectivity index (χ4v) is 11.4. The topological polar surface area (TPSA) is 78.9 Å². The Morgan fingerprint density at radius 2 is 0.444 bits per heavy atom. The number of carbonyl (C=O) groups excluding carboxylic acids is 3. The van der Waals surface area contributed by atoms with Crippen LogP contribution in [-0.4, -0.2) is 37.2 Å². The Kier molecular flexibility index (Phi) is 68.5. The van der Waals surface area contributed by atoms with Crippen LogP contribution in [0.2, 0.25) is 0 Å². The van der Waals surface area contributed by atoms with Gasteiger partial charge in [-0.05, 0) is 51.4 Å². The monoisotopic (exact) mass is 1140 g/mol. The predicted molar refractivity (Wildman–Crippen MR) is 353 cm³/mol. The average molecular weight is 1140 g/mol. The summed E-state index contributed by atoms with van der Waals surface area (Å²) in [4.78, 5) is 38.3. The molecule has 6 nitrogen and oxygen atoms in total.